The number of nitrogens with zero attached hydrogens (tertiary/aromatic N) is 1. The second-order valence-electron chi connectivity index (χ2n) is 5.23. The molecule has 20 heavy (non-hydrogen) atoms. The minimum absolute atomic E-state index is 0.343. The Hall–Kier alpha value is -1.33. The quantitative estimate of drug-likeness (QED) is 0.748. The van der Waals surface area contributed by atoms with Crippen LogP contribution in [0.5, 0.6) is 0 Å². The molecule has 1 unspecified atom stereocenters. The summed E-state index contributed by atoms with van der Waals surface area (Å²) < 4.78 is 15.8. The van der Waals surface area contributed by atoms with Crippen LogP contribution in [0.1, 0.15) is 35.2 Å². The summed E-state index contributed by atoms with van der Waals surface area (Å²) in [6.45, 7) is 8.30. The predicted octanol–water partition coefficient (Wildman–Crippen LogP) is 2.23. The summed E-state index contributed by atoms with van der Waals surface area (Å²) in [4.78, 5) is 13.9. The lowest BCUT2D eigenvalue weighted by Gasteiger charge is -2.22. The van der Waals surface area contributed by atoms with Gasteiger partial charge in [-0.05, 0) is 31.9 Å². The maximum absolute atomic E-state index is 11.6. The van der Waals surface area contributed by atoms with Gasteiger partial charge in [-0.3, -0.25) is 4.90 Å². The Bertz CT molecular complexity index is 449. The molecule has 1 aromatic heterocycles. The Labute approximate surface area is 119 Å². The van der Waals surface area contributed by atoms with Crippen LogP contribution >= 0.6 is 0 Å². The van der Waals surface area contributed by atoms with Gasteiger partial charge >= 0.3 is 5.97 Å². The zero-order valence-electron chi connectivity index (χ0n) is 12.5. The van der Waals surface area contributed by atoms with Crippen molar-refractivity contribution in [3.63, 3.8) is 0 Å². The van der Waals surface area contributed by atoms with Crippen LogP contribution in [0.2, 0.25) is 0 Å². The van der Waals surface area contributed by atoms with E-state index in [0.29, 0.717) is 23.8 Å². The van der Waals surface area contributed by atoms with E-state index in [0.717, 1.165) is 38.5 Å². The van der Waals surface area contributed by atoms with Crippen molar-refractivity contribution in [3.8, 4) is 0 Å². The van der Waals surface area contributed by atoms with Gasteiger partial charge in [-0.25, -0.2) is 4.79 Å². The molecule has 0 spiro atoms. The maximum Gasteiger partial charge on any atom is 0.341 e. The van der Waals surface area contributed by atoms with E-state index in [1.54, 1.807) is 13.0 Å². The first kappa shape index (κ1) is 15.1. The van der Waals surface area contributed by atoms with E-state index < -0.39 is 0 Å². The van der Waals surface area contributed by atoms with E-state index in [4.69, 9.17) is 13.9 Å². The molecule has 112 valence electrons. The number of hydrogen-bond acceptors (Lipinski definition) is 5. The number of carbonyl (C=O) groups is 1. The van der Waals surface area contributed by atoms with Crippen LogP contribution in [-0.2, 0) is 16.0 Å². The molecular formula is C15H23NO4. The van der Waals surface area contributed by atoms with Gasteiger partial charge in [0.05, 0.1) is 20.3 Å². The molecule has 0 saturated carbocycles. The Balaban J connectivity index is 1.98. The highest BCUT2D eigenvalue weighted by Crippen LogP contribution is 2.19. The number of esters is 1. The molecule has 5 heteroatoms. The van der Waals surface area contributed by atoms with Gasteiger partial charge in [0.2, 0.25) is 0 Å². The average molecular weight is 281 g/mol. The number of ether oxygens (including phenoxy) is 2. The largest absolute Gasteiger partial charge is 0.465 e. The number of aryl methyl sites for hydroxylation is 1. The lowest BCUT2D eigenvalue weighted by atomic mass is 10.1. The highest BCUT2D eigenvalue weighted by molar-refractivity contribution is 5.90. The van der Waals surface area contributed by atoms with Crippen molar-refractivity contribution in [2.45, 2.75) is 26.8 Å². The van der Waals surface area contributed by atoms with Crippen molar-refractivity contribution in [2.24, 2.45) is 5.92 Å². The van der Waals surface area contributed by atoms with Crippen molar-refractivity contribution in [3.05, 3.63) is 23.2 Å². The van der Waals surface area contributed by atoms with E-state index in [1.165, 1.54) is 7.11 Å². The van der Waals surface area contributed by atoms with Gasteiger partial charge < -0.3 is 13.9 Å². The molecule has 5 nitrogen and oxygen atoms in total. The first-order chi connectivity index (χ1) is 9.63. The van der Waals surface area contributed by atoms with E-state index in [9.17, 15) is 4.79 Å². The summed E-state index contributed by atoms with van der Waals surface area (Å²) in [5, 5.41) is 0. The average Bonchev–Trinajstić information content (AvgIpc) is 3.07. The van der Waals surface area contributed by atoms with Crippen LogP contribution in [0.3, 0.4) is 0 Å². The minimum atomic E-state index is -0.343. The molecule has 0 N–H and O–H groups in total. The molecule has 0 amide bonds. The molecule has 0 bridgehead atoms. The van der Waals surface area contributed by atoms with Crippen LogP contribution in [-0.4, -0.2) is 44.3 Å². The highest BCUT2D eigenvalue weighted by Gasteiger charge is 2.21. The van der Waals surface area contributed by atoms with E-state index in [1.807, 2.05) is 0 Å². The van der Waals surface area contributed by atoms with Gasteiger partial charge in [-0.2, -0.15) is 0 Å². The fourth-order valence-corrected chi connectivity index (χ4v) is 2.55. The first-order valence-electron chi connectivity index (χ1n) is 7.11. The molecule has 1 fully saturated rings. The zero-order chi connectivity index (χ0) is 14.5. The second-order valence-corrected chi connectivity index (χ2v) is 5.23. The predicted molar refractivity (Wildman–Crippen MR) is 74.7 cm³/mol. The lowest BCUT2D eigenvalue weighted by molar-refractivity contribution is 0.0599. The molecule has 0 aliphatic carbocycles. The lowest BCUT2D eigenvalue weighted by Crippen LogP contribution is -2.29. The molecule has 2 rings (SSSR count). The second kappa shape index (κ2) is 6.90. The number of methoxy groups -OCH3 is 1. The zero-order valence-corrected chi connectivity index (χ0v) is 12.5. The number of hydrogen-bond donors (Lipinski definition) is 0. The molecule has 1 saturated heterocycles. The van der Waals surface area contributed by atoms with Gasteiger partial charge in [-0.15, -0.1) is 0 Å². The first-order valence-corrected chi connectivity index (χ1v) is 7.11. The standard InChI is InChI=1S/C15H23NO4/c1-4-16(8-12-5-6-19-10-12)9-13-7-14(11(2)20-13)15(17)18-3/h7,12H,4-6,8-10H2,1-3H3. The fraction of sp³-hybridized carbons (Fsp3) is 0.667. The third-order valence-electron chi connectivity index (χ3n) is 3.74. The molecule has 1 aliphatic heterocycles. The van der Waals surface area contributed by atoms with E-state index in [-0.39, 0.29) is 5.97 Å². The van der Waals surface area contributed by atoms with Crippen LogP contribution in [0.15, 0.2) is 10.5 Å². The van der Waals surface area contributed by atoms with Gasteiger partial charge in [0.15, 0.2) is 0 Å². The van der Waals surface area contributed by atoms with Gasteiger partial charge in [0, 0.05) is 13.2 Å². The molecule has 1 atom stereocenters. The van der Waals surface area contributed by atoms with Crippen molar-refractivity contribution in [1.29, 1.82) is 0 Å². The van der Waals surface area contributed by atoms with Gasteiger partial charge in [0.1, 0.15) is 17.1 Å². The third kappa shape index (κ3) is 3.61. The monoisotopic (exact) mass is 281 g/mol. The summed E-state index contributed by atoms with van der Waals surface area (Å²) in [6, 6.07) is 1.79. The number of carbonyl (C=O) groups excluding carboxylic acids is 1. The number of rotatable bonds is 6. The maximum atomic E-state index is 11.6. The topological polar surface area (TPSA) is 51.9 Å². The summed E-state index contributed by atoms with van der Waals surface area (Å²) in [6.07, 6.45) is 1.13. The van der Waals surface area contributed by atoms with Crippen LogP contribution < -0.4 is 0 Å². The summed E-state index contributed by atoms with van der Waals surface area (Å²) >= 11 is 0. The molecule has 0 aromatic carbocycles. The van der Waals surface area contributed by atoms with Gasteiger partial charge in [0.25, 0.3) is 0 Å². The fourth-order valence-electron chi connectivity index (χ4n) is 2.55. The molecular weight excluding hydrogens is 258 g/mol. The Morgan fingerprint density at radius 3 is 2.95 bits per heavy atom. The Morgan fingerprint density at radius 1 is 1.55 bits per heavy atom. The highest BCUT2D eigenvalue weighted by atomic mass is 16.5. The van der Waals surface area contributed by atoms with E-state index in [2.05, 4.69) is 11.8 Å². The SMILES string of the molecule is CCN(Cc1cc(C(=O)OC)c(C)o1)CC1CCOC1. The van der Waals surface area contributed by atoms with Gasteiger partial charge in [-0.1, -0.05) is 6.92 Å². The van der Waals surface area contributed by atoms with Crippen molar-refractivity contribution < 1.29 is 18.7 Å². The summed E-state index contributed by atoms with van der Waals surface area (Å²) in [5.41, 5.74) is 0.516. The Kier molecular flexibility index (Phi) is 5.20. The van der Waals surface area contributed by atoms with Crippen molar-refractivity contribution >= 4 is 5.97 Å². The molecule has 1 aromatic rings. The van der Waals surface area contributed by atoms with E-state index >= 15 is 0 Å². The van der Waals surface area contributed by atoms with Crippen molar-refractivity contribution in [1.82, 2.24) is 4.90 Å². The Morgan fingerprint density at radius 2 is 2.35 bits per heavy atom. The number of furan rings is 1. The third-order valence-corrected chi connectivity index (χ3v) is 3.74. The molecule has 1 aliphatic rings. The van der Waals surface area contributed by atoms with Crippen LogP contribution in [0.4, 0.5) is 0 Å². The van der Waals surface area contributed by atoms with Crippen LogP contribution in [0, 0.1) is 12.8 Å². The summed E-state index contributed by atoms with van der Waals surface area (Å²) in [7, 11) is 1.38. The van der Waals surface area contributed by atoms with Crippen LogP contribution in [0.25, 0.3) is 0 Å². The molecule has 2 heterocycles. The summed E-state index contributed by atoms with van der Waals surface area (Å²) in [5.74, 6) is 1.69. The van der Waals surface area contributed by atoms with Crippen molar-refractivity contribution in [2.75, 3.05) is 33.4 Å². The smallest absolute Gasteiger partial charge is 0.341 e. The minimum Gasteiger partial charge on any atom is -0.465 e. The molecule has 0 radical (unpaired) electrons. The normalized spacial score (nSPS) is 18.7.